The van der Waals surface area contributed by atoms with Gasteiger partial charge in [0.15, 0.2) is 5.78 Å². The Balaban J connectivity index is 0.00000120. The van der Waals surface area contributed by atoms with Gasteiger partial charge in [-0.1, -0.05) is 0 Å². The minimum Gasteiger partial charge on any atom is -0.346 e. The number of aromatic nitrogens is 3. The number of nitrogens with one attached hydrogen (secondary N) is 2. The van der Waals surface area contributed by atoms with Crippen molar-refractivity contribution in [2.24, 2.45) is 5.92 Å². The number of hydrogen-bond donors (Lipinski definition) is 2. The maximum atomic E-state index is 12.4. The van der Waals surface area contributed by atoms with Gasteiger partial charge >= 0.3 is 0 Å². The zero-order valence-electron chi connectivity index (χ0n) is 9.85. The van der Waals surface area contributed by atoms with E-state index in [4.69, 9.17) is 0 Å². The number of H-pyrrole nitrogens is 1. The molecule has 2 aromatic heterocycles. The first-order valence-corrected chi connectivity index (χ1v) is 5.89. The van der Waals surface area contributed by atoms with Gasteiger partial charge in [0.1, 0.15) is 17.7 Å². The third kappa shape index (κ3) is 2.23. The van der Waals surface area contributed by atoms with Crippen molar-refractivity contribution in [3.8, 4) is 0 Å². The summed E-state index contributed by atoms with van der Waals surface area (Å²) in [5, 5.41) is 4.09. The molecule has 5 nitrogen and oxygen atoms in total. The van der Waals surface area contributed by atoms with Crippen molar-refractivity contribution in [2.45, 2.75) is 12.8 Å². The Morgan fingerprint density at radius 3 is 2.83 bits per heavy atom. The van der Waals surface area contributed by atoms with E-state index in [0.717, 1.165) is 37.0 Å². The predicted octanol–water partition coefficient (Wildman–Crippen LogP) is 1.56. The zero-order valence-corrected chi connectivity index (χ0v) is 10.7. The van der Waals surface area contributed by atoms with E-state index in [1.165, 1.54) is 6.33 Å². The van der Waals surface area contributed by atoms with Crippen molar-refractivity contribution >= 4 is 29.2 Å². The Kier molecular flexibility index (Phi) is 3.93. The summed E-state index contributed by atoms with van der Waals surface area (Å²) >= 11 is 0. The molecule has 1 aliphatic heterocycles. The number of ketones is 1. The summed E-state index contributed by atoms with van der Waals surface area (Å²) in [4.78, 5) is 23.6. The average molecular weight is 267 g/mol. The Hall–Kier alpha value is -1.46. The molecule has 0 spiro atoms. The topological polar surface area (TPSA) is 70.7 Å². The highest BCUT2D eigenvalue weighted by atomic mass is 35.5. The molecule has 2 N–H and O–H groups in total. The molecule has 2 aromatic rings. The maximum absolute atomic E-state index is 12.4. The highest BCUT2D eigenvalue weighted by Gasteiger charge is 2.24. The molecule has 1 fully saturated rings. The van der Waals surface area contributed by atoms with Gasteiger partial charge in [-0.25, -0.2) is 9.97 Å². The van der Waals surface area contributed by atoms with E-state index in [1.807, 2.05) is 6.07 Å². The molecule has 1 aliphatic rings. The number of fused-ring (bicyclic) bond motifs is 1. The van der Waals surface area contributed by atoms with Crippen LogP contribution in [0, 0.1) is 5.92 Å². The lowest BCUT2D eigenvalue weighted by atomic mass is 9.91. The third-order valence-corrected chi connectivity index (χ3v) is 3.30. The molecule has 0 aromatic carbocycles. The lowest BCUT2D eigenvalue weighted by molar-refractivity contribution is 0.0891. The highest BCUT2D eigenvalue weighted by molar-refractivity contribution is 6.06. The van der Waals surface area contributed by atoms with E-state index in [9.17, 15) is 4.79 Å². The van der Waals surface area contributed by atoms with Crippen molar-refractivity contribution in [3.05, 3.63) is 24.3 Å². The molecule has 0 unspecified atom stereocenters. The van der Waals surface area contributed by atoms with Gasteiger partial charge in [0.25, 0.3) is 0 Å². The summed E-state index contributed by atoms with van der Waals surface area (Å²) in [5.74, 6) is 0.253. The molecule has 0 atom stereocenters. The van der Waals surface area contributed by atoms with Crippen LogP contribution in [0.4, 0.5) is 0 Å². The molecule has 96 valence electrons. The number of Topliss-reactive ketones (excluding diaryl/α,β-unsaturated/α-hetero) is 1. The van der Waals surface area contributed by atoms with Crippen LogP contribution in [0.1, 0.15) is 23.3 Å². The van der Waals surface area contributed by atoms with E-state index in [1.54, 1.807) is 6.20 Å². The lowest BCUT2D eigenvalue weighted by Crippen LogP contribution is -2.32. The summed E-state index contributed by atoms with van der Waals surface area (Å²) in [6, 6.07) is 1.86. The fourth-order valence-electron chi connectivity index (χ4n) is 2.35. The molecule has 6 heteroatoms. The van der Waals surface area contributed by atoms with Crippen molar-refractivity contribution < 1.29 is 4.79 Å². The van der Waals surface area contributed by atoms with Crippen molar-refractivity contribution in [3.63, 3.8) is 0 Å². The van der Waals surface area contributed by atoms with E-state index in [2.05, 4.69) is 20.3 Å². The summed E-state index contributed by atoms with van der Waals surface area (Å²) in [6.45, 7) is 1.83. The molecule has 0 saturated carbocycles. The standard InChI is InChI=1S/C12H14N4O.ClH/c17-11(8-1-4-13-5-2-8)10-9-3-6-14-12(9)16-7-15-10;/h3,6-8,13H,1-2,4-5H2,(H,14,15,16);1H. The number of nitrogens with zero attached hydrogens (tertiary/aromatic N) is 2. The third-order valence-electron chi connectivity index (χ3n) is 3.30. The van der Waals surface area contributed by atoms with Crippen molar-refractivity contribution in [2.75, 3.05) is 13.1 Å². The summed E-state index contributed by atoms with van der Waals surface area (Å²) < 4.78 is 0. The first-order chi connectivity index (χ1) is 8.36. The van der Waals surface area contributed by atoms with E-state index < -0.39 is 0 Å². The number of rotatable bonds is 2. The first-order valence-electron chi connectivity index (χ1n) is 5.89. The number of piperidine rings is 1. The number of hydrogen-bond acceptors (Lipinski definition) is 4. The quantitative estimate of drug-likeness (QED) is 0.810. The van der Waals surface area contributed by atoms with Crippen LogP contribution in [0.2, 0.25) is 0 Å². The lowest BCUT2D eigenvalue weighted by Gasteiger charge is -2.21. The Morgan fingerprint density at radius 2 is 2.06 bits per heavy atom. The second-order valence-electron chi connectivity index (χ2n) is 4.35. The first kappa shape index (κ1) is 13.0. The predicted molar refractivity (Wildman–Crippen MR) is 71.1 cm³/mol. The Morgan fingerprint density at radius 1 is 1.28 bits per heavy atom. The second-order valence-corrected chi connectivity index (χ2v) is 4.35. The fourth-order valence-corrected chi connectivity index (χ4v) is 2.35. The van der Waals surface area contributed by atoms with Gasteiger partial charge in [0.2, 0.25) is 0 Å². The van der Waals surface area contributed by atoms with Gasteiger partial charge in [0, 0.05) is 17.5 Å². The number of halogens is 1. The van der Waals surface area contributed by atoms with Crippen LogP contribution in [-0.2, 0) is 0 Å². The van der Waals surface area contributed by atoms with Crippen molar-refractivity contribution in [1.82, 2.24) is 20.3 Å². The number of aromatic amines is 1. The van der Waals surface area contributed by atoms with Crippen LogP contribution >= 0.6 is 12.4 Å². The molecule has 0 radical (unpaired) electrons. The SMILES string of the molecule is Cl.O=C(c1ncnc2[nH]ccc12)C1CCNCC1. The second kappa shape index (κ2) is 5.46. The average Bonchev–Trinajstić information content (AvgIpc) is 2.87. The van der Waals surface area contributed by atoms with Gasteiger partial charge in [-0.05, 0) is 32.0 Å². The van der Waals surface area contributed by atoms with Gasteiger partial charge in [0.05, 0.1) is 0 Å². The fraction of sp³-hybridized carbons (Fsp3) is 0.417. The summed E-state index contributed by atoms with van der Waals surface area (Å²) in [7, 11) is 0. The largest absolute Gasteiger partial charge is 0.346 e. The normalized spacial score (nSPS) is 16.4. The monoisotopic (exact) mass is 266 g/mol. The minimum absolute atomic E-state index is 0. The summed E-state index contributed by atoms with van der Waals surface area (Å²) in [6.07, 6.45) is 5.04. The smallest absolute Gasteiger partial charge is 0.185 e. The molecular formula is C12H15ClN4O. The molecule has 0 amide bonds. The molecule has 1 saturated heterocycles. The summed E-state index contributed by atoms with van der Waals surface area (Å²) in [5.41, 5.74) is 1.29. The maximum Gasteiger partial charge on any atom is 0.185 e. The van der Waals surface area contributed by atoms with Gasteiger partial charge < -0.3 is 10.3 Å². The van der Waals surface area contributed by atoms with Gasteiger partial charge in [-0.15, -0.1) is 12.4 Å². The van der Waals surface area contributed by atoms with E-state index in [-0.39, 0.29) is 24.1 Å². The Labute approximate surface area is 111 Å². The molecule has 3 heterocycles. The molecule has 0 bridgehead atoms. The van der Waals surface area contributed by atoms with Crippen LogP contribution in [0.3, 0.4) is 0 Å². The van der Waals surface area contributed by atoms with Crippen LogP contribution in [0.15, 0.2) is 18.6 Å². The zero-order chi connectivity index (χ0) is 11.7. The van der Waals surface area contributed by atoms with E-state index >= 15 is 0 Å². The van der Waals surface area contributed by atoms with Crippen LogP contribution in [0.5, 0.6) is 0 Å². The molecule has 3 rings (SSSR count). The minimum atomic E-state index is 0. The van der Waals surface area contributed by atoms with Crippen LogP contribution < -0.4 is 5.32 Å². The van der Waals surface area contributed by atoms with Gasteiger partial charge in [-0.3, -0.25) is 4.79 Å². The van der Waals surface area contributed by atoms with Crippen LogP contribution in [0.25, 0.3) is 11.0 Å². The number of carbonyl (C=O) groups is 1. The molecule has 18 heavy (non-hydrogen) atoms. The molecule has 0 aliphatic carbocycles. The highest BCUT2D eigenvalue weighted by Crippen LogP contribution is 2.21. The van der Waals surface area contributed by atoms with Gasteiger partial charge in [-0.2, -0.15) is 0 Å². The Bertz CT molecular complexity index is 548. The molecular weight excluding hydrogens is 252 g/mol. The van der Waals surface area contributed by atoms with Crippen LogP contribution in [-0.4, -0.2) is 33.8 Å². The van der Waals surface area contributed by atoms with E-state index in [0.29, 0.717) is 5.69 Å². The number of carbonyl (C=O) groups excluding carboxylic acids is 1. The van der Waals surface area contributed by atoms with Crippen molar-refractivity contribution in [1.29, 1.82) is 0 Å².